The van der Waals surface area contributed by atoms with Gasteiger partial charge in [0, 0.05) is 17.0 Å². The number of esters is 1. The number of carboxylic acids is 2. The monoisotopic (exact) mass is 562 g/mol. The van der Waals surface area contributed by atoms with Crippen molar-refractivity contribution < 1.29 is 43.7 Å². The first-order chi connectivity index (χ1) is 19.1. The topological polar surface area (TPSA) is 167 Å². The van der Waals surface area contributed by atoms with E-state index >= 15 is 0 Å². The summed E-state index contributed by atoms with van der Waals surface area (Å²) in [4.78, 5) is 74.7. The Bertz CT molecular complexity index is 1520. The maximum Gasteiger partial charge on any atom is 0.338 e. The van der Waals surface area contributed by atoms with E-state index in [9.17, 15) is 39.0 Å². The van der Waals surface area contributed by atoms with Crippen molar-refractivity contribution in [3.05, 3.63) is 89.0 Å². The number of thioether (sulfide) groups is 1. The van der Waals surface area contributed by atoms with Crippen LogP contribution in [-0.4, -0.2) is 57.7 Å². The van der Waals surface area contributed by atoms with Crippen molar-refractivity contribution in [3.8, 4) is 0 Å². The van der Waals surface area contributed by atoms with Crippen molar-refractivity contribution in [1.29, 1.82) is 0 Å². The maximum absolute atomic E-state index is 13.0. The summed E-state index contributed by atoms with van der Waals surface area (Å²) in [5, 5.41) is 20.4. The van der Waals surface area contributed by atoms with Gasteiger partial charge in [0.1, 0.15) is 0 Å². The Hall–Kier alpha value is -4.97. The van der Waals surface area contributed by atoms with E-state index in [-0.39, 0.29) is 35.6 Å². The van der Waals surface area contributed by atoms with Gasteiger partial charge in [-0.15, -0.1) is 11.8 Å². The molecule has 0 saturated carbocycles. The zero-order chi connectivity index (χ0) is 29.0. The van der Waals surface area contributed by atoms with E-state index in [0.29, 0.717) is 21.8 Å². The Kier molecular flexibility index (Phi) is 8.29. The number of nitrogens with one attached hydrogen (secondary N) is 1. The molecule has 0 radical (unpaired) electrons. The molecule has 204 valence electrons. The van der Waals surface area contributed by atoms with Crippen LogP contribution in [0.15, 0.2) is 71.6 Å². The molecule has 3 amide bonds. The molecule has 4 rings (SSSR count). The molecule has 1 unspecified atom stereocenters. The predicted octanol–water partition coefficient (Wildman–Crippen LogP) is 3.94. The van der Waals surface area contributed by atoms with Crippen LogP contribution in [-0.2, 0) is 14.3 Å². The van der Waals surface area contributed by atoms with Gasteiger partial charge in [-0.1, -0.05) is 0 Å². The summed E-state index contributed by atoms with van der Waals surface area (Å²) in [6, 6.07) is 15.5. The molecule has 3 N–H and O–H groups in total. The normalized spacial score (nSPS) is 14.6. The molecule has 0 aromatic heterocycles. The summed E-state index contributed by atoms with van der Waals surface area (Å²) < 4.78 is 4.94. The zero-order valence-electron chi connectivity index (χ0n) is 21.0. The van der Waals surface area contributed by atoms with E-state index in [1.54, 1.807) is 19.1 Å². The van der Waals surface area contributed by atoms with Gasteiger partial charge < -0.3 is 20.3 Å². The summed E-state index contributed by atoms with van der Waals surface area (Å²) in [6.07, 6.45) is -0.0283. The van der Waals surface area contributed by atoms with Crippen LogP contribution in [0.3, 0.4) is 0 Å². The number of rotatable bonds is 9. The number of carboxylic acid groups (broad SMARTS) is 2. The molecule has 0 aliphatic carbocycles. The minimum atomic E-state index is -1.38. The standard InChI is InChI=1S/C28H22N2O9S/c1-2-39-28(38)15-3-8-18(9-4-15)30-23(31)14-22(25(30)33)40-19-10-6-17(7-11-19)29-24(32)21-13-16(26(34)35)5-12-20(21)27(36)37/h3-13,22H,2,14H2,1H3,(H,29,32)(H,34,35)(H,36,37). The molecule has 1 aliphatic rings. The highest BCUT2D eigenvalue weighted by atomic mass is 32.2. The minimum Gasteiger partial charge on any atom is -0.478 e. The summed E-state index contributed by atoms with van der Waals surface area (Å²) in [6.45, 7) is 1.91. The molecule has 40 heavy (non-hydrogen) atoms. The number of hydrogen-bond donors (Lipinski definition) is 3. The number of carbonyl (C=O) groups excluding carboxylic acids is 4. The summed E-state index contributed by atoms with van der Waals surface area (Å²) in [5.41, 5.74) is 0.0640. The van der Waals surface area contributed by atoms with E-state index in [2.05, 4.69) is 5.32 Å². The molecule has 1 atom stereocenters. The molecule has 3 aromatic carbocycles. The zero-order valence-corrected chi connectivity index (χ0v) is 21.8. The van der Waals surface area contributed by atoms with Crippen molar-refractivity contribution in [2.45, 2.75) is 23.5 Å². The highest BCUT2D eigenvalue weighted by Gasteiger charge is 2.40. The molecule has 1 aliphatic heterocycles. The second-order valence-corrected chi connectivity index (χ2v) is 9.77. The lowest BCUT2D eigenvalue weighted by atomic mass is 10.0. The molecule has 0 spiro atoms. The van der Waals surface area contributed by atoms with Gasteiger partial charge in [-0.3, -0.25) is 14.4 Å². The molecule has 1 heterocycles. The van der Waals surface area contributed by atoms with Crippen LogP contribution in [0.2, 0.25) is 0 Å². The molecule has 0 bridgehead atoms. The van der Waals surface area contributed by atoms with Gasteiger partial charge in [0.15, 0.2) is 0 Å². The molecular weight excluding hydrogens is 540 g/mol. The van der Waals surface area contributed by atoms with Crippen LogP contribution in [0, 0.1) is 0 Å². The number of carbonyl (C=O) groups is 6. The molecular formula is C28H22N2O9S. The lowest BCUT2D eigenvalue weighted by Crippen LogP contribution is -2.31. The first-order valence-electron chi connectivity index (χ1n) is 11.9. The Balaban J connectivity index is 1.43. The number of imide groups is 1. The highest BCUT2D eigenvalue weighted by molar-refractivity contribution is 8.00. The first kappa shape index (κ1) is 28.0. The number of anilines is 2. The summed E-state index contributed by atoms with van der Waals surface area (Å²) in [7, 11) is 0. The maximum atomic E-state index is 13.0. The predicted molar refractivity (Wildman–Crippen MR) is 144 cm³/mol. The third-order valence-electron chi connectivity index (χ3n) is 5.87. The average Bonchev–Trinajstić information content (AvgIpc) is 3.21. The molecule has 11 nitrogen and oxygen atoms in total. The quantitative estimate of drug-likeness (QED) is 0.257. The van der Waals surface area contributed by atoms with E-state index in [0.717, 1.165) is 23.1 Å². The van der Waals surface area contributed by atoms with E-state index in [4.69, 9.17) is 4.74 Å². The first-order valence-corrected chi connectivity index (χ1v) is 12.8. The lowest BCUT2D eigenvalue weighted by molar-refractivity contribution is -0.121. The molecule has 12 heteroatoms. The Morgan fingerprint density at radius 1 is 0.900 bits per heavy atom. The highest BCUT2D eigenvalue weighted by Crippen LogP contribution is 2.34. The van der Waals surface area contributed by atoms with Gasteiger partial charge in [0.2, 0.25) is 11.8 Å². The minimum absolute atomic E-state index is 0.0283. The van der Waals surface area contributed by atoms with Crippen molar-refractivity contribution >= 4 is 58.8 Å². The van der Waals surface area contributed by atoms with Gasteiger partial charge in [-0.25, -0.2) is 19.3 Å². The van der Waals surface area contributed by atoms with Crippen LogP contribution in [0.4, 0.5) is 11.4 Å². The number of hydrogen-bond acceptors (Lipinski definition) is 8. The van der Waals surface area contributed by atoms with Crippen LogP contribution in [0.1, 0.15) is 54.8 Å². The number of ether oxygens (including phenoxy) is 1. The van der Waals surface area contributed by atoms with Crippen LogP contribution in [0.5, 0.6) is 0 Å². The second kappa shape index (κ2) is 11.8. The van der Waals surface area contributed by atoms with Gasteiger partial charge >= 0.3 is 17.9 Å². The Labute approximate surface area is 231 Å². The molecule has 3 aromatic rings. The number of nitrogens with zero attached hydrogens (tertiary/aromatic N) is 1. The Morgan fingerprint density at radius 2 is 1.55 bits per heavy atom. The largest absolute Gasteiger partial charge is 0.478 e. The van der Waals surface area contributed by atoms with Crippen LogP contribution < -0.4 is 10.2 Å². The van der Waals surface area contributed by atoms with Crippen LogP contribution in [0.25, 0.3) is 0 Å². The number of benzene rings is 3. The van der Waals surface area contributed by atoms with E-state index in [1.165, 1.54) is 48.2 Å². The lowest BCUT2D eigenvalue weighted by Gasteiger charge is -2.15. The third-order valence-corrected chi connectivity index (χ3v) is 7.07. The smallest absolute Gasteiger partial charge is 0.338 e. The van der Waals surface area contributed by atoms with Gasteiger partial charge in [-0.05, 0) is 73.7 Å². The van der Waals surface area contributed by atoms with Gasteiger partial charge in [0.25, 0.3) is 5.91 Å². The van der Waals surface area contributed by atoms with Crippen molar-refractivity contribution in [1.82, 2.24) is 0 Å². The SMILES string of the molecule is CCOC(=O)c1ccc(N2C(=O)CC(Sc3ccc(NC(=O)c4cc(C(=O)O)ccc4C(=O)O)cc3)C2=O)cc1. The van der Waals surface area contributed by atoms with Crippen molar-refractivity contribution in [3.63, 3.8) is 0 Å². The average molecular weight is 563 g/mol. The number of amides is 3. The van der Waals surface area contributed by atoms with Crippen molar-refractivity contribution in [2.75, 3.05) is 16.8 Å². The fourth-order valence-corrected chi connectivity index (χ4v) is 5.01. The van der Waals surface area contributed by atoms with E-state index < -0.39 is 35.0 Å². The number of aromatic carboxylic acids is 2. The molecule has 1 saturated heterocycles. The van der Waals surface area contributed by atoms with Gasteiger partial charge in [-0.2, -0.15) is 0 Å². The Morgan fingerprint density at radius 3 is 2.15 bits per heavy atom. The summed E-state index contributed by atoms with van der Waals surface area (Å²) in [5.74, 6) is -4.78. The third kappa shape index (κ3) is 6.02. The van der Waals surface area contributed by atoms with Crippen molar-refractivity contribution in [2.24, 2.45) is 0 Å². The van der Waals surface area contributed by atoms with E-state index in [1.807, 2.05) is 0 Å². The molecule has 1 fully saturated rings. The second-order valence-electron chi connectivity index (χ2n) is 8.49. The van der Waals surface area contributed by atoms with Crippen LogP contribution >= 0.6 is 11.8 Å². The van der Waals surface area contributed by atoms with Gasteiger partial charge in [0.05, 0.1) is 39.8 Å². The summed E-state index contributed by atoms with van der Waals surface area (Å²) >= 11 is 1.17. The fraction of sp³-hybridized carbons (Fsp3) is 0.143. The fourth-order valence-electron chi connectivity index (χ4n) is 3.96.